The van der Waals surface area contributed by atoms with Crippen LogP contribution in [0, 0.1) is 5.92 Å². The quantitative estimate of drug-likeness (QED) is 0.455. The topological polar surface area (TPSA) is 73.2 Å². The SMILES string of the molecule is COc1ccc(NC(=O)C(Sc2nc3sc4c(c3c(=O)n2C)CCC4)C(C)C)cc1. The molecule has 1 aliphatic carbocycles. The first-order valence-corrected chi connectivity index (χ1v) is 11.7. The number of aryl methyl sites for hydroxylation is 2. The van der Waals surface area contributed by atoms with E-state index in [1.807, 2.05) is 38.1 Å². The van der Waals surface area contributed by atoms with Gasteiger partial charge in [-0.25, -0.2) is 4.98 Å². The van der Waals surface area contributed by atoms with Crippen LogP contribution in [0.4, 0.5) is 5.69 Å². The molecule has 0 spiro atoms. The van der Waals surface area contributed by atoms with Gasteiger partial charge in [-0.1, -0.05) is 25.6 Å². The lowest BCUT2D eigenvalue weighted by Crippen LogP contribution is -2.31. The summed E-state index contributed by atoms with van der Waals surface area (Å²) in [5, 5.41) is 3.94. The van der Waals surface area contributed by atoms with Crippen LogP contribution in [0.25, 0.3) is 10.2 Å². The monoisotopic (exact) mass is 443 g/mol. The second-order valence-corrected chi connectivity index (χ2v) is 9.99. The fraction of sp³-hybridized carbons (Fsp3) is 0.409. The van der Waals surface area contributed by atoms with Gasteiger partial charge in [0.05, 0.1) is 17.7 Å². The van der Waals surface area contributed by atoms with Gasteiger partial charge in [0.1, 0.15) is 10.6 Å². The van der Waals surface area contributed by atoms with Gasteiger partial charge < -0.3 is 10.1 Å². The molecule has 6 nitrogen and oxygen atoms in total. The van der Waals surface area contributed by atoms with Crippen molar-refractivity contribution in [3.05, 3.63) is 45.1 Å². The molecule has 158 valence electrons. The molecule has 1 amide bonds. The van der Waals surface area contributed by atoms with E-state index in [4.69, 9.17) is 9.72 Å². The number of hydrogen-bond acceptors (Lipinski definition) is 6. The van der Waals surface area contributed by atoms with Gasteiger partial charge >= 0.3 is 0 Å². The highest BCUT2D eigenvalue weighted by molar-refractivity contribution is 8.00. The van der Waals surface area contributed by atoms with E-state index in [2.05, 4.69) is 5.32 Å². The van der Waals surface area contributed by atoms with E-state index < -0.39 is 0 Å². The summed E-state index contributed by atoms with van der Waals surface area (Å²) in [6.45, 7) is 4.00. The number of methoxy groups -OCH3 is 1. The molecular formula is C22H25N3O3S2. The first kappa shape index (κ1) is 20.9. The zero-order valence-corrected chi connectivity index (χ0v) is 19.2. The van der Waals surface area contributed by atoms with Crippen LogP contribution in [0.15, 0.2) is 34.2 Å². The second kappa shape index (κ2) is 8.43. The highest BCUT2D eigenvalue weighted by Crippen LogP contribution is 2.36. The fourth-order valence-corrected chi connectivity index (χ4v) is 6.06. The summed E-state index contributed by atoms with van der Waals surface area (Å²) in [6, 6.07) is 7.24. The second-order valence-electron chi connectivity index (χ2n) is 7.80. The molecule has 1 N–H and O–H groups in total. The minimum atomic E-state index is -0.380. The smallest absolute Gasteiger partial charge is 0.262 e. The zero-order chi connectivity index (χ0) is 21.4. The number of aromatic nitrogens is 2. The number of anilines is 1. The molecule has 0 fully saturated rings. The predicted octanol–water partition coefficient (Wildman–Crippen LogP) is 4.25. The molecule has 1 unspecified atom stereocenters. The number of rotatable bonds is 6. The Balaban J connectivity index is 1.61. The standard InChI is InChI=1S/C22H25N3O3S2/c1-12(2)18(19(26)23-13-8-10-14(28-4)11-9-13)30-22-24-20-17(21(27)25(22)3)15-6-5-7-16(15)29-20/h8-12,18H,5-7H2,1-4H3,(H,23,26). The summed E-state index contributed by atoms with van der Waals surface area (Å²) < 4.78 is 6.76. The Labute approximate surface area is 183 Å². The van der Waals surface area contributed by atoms with Gasteiger partial charge in [0, 0.05) is 17.6 Å². The summed E-state index contributed by atoms with van der Waals surface area (Å²) in [7, 11) is 3.35. The van der Waals surface area contributed by atoms with Crippen LogP contribution in [0.1, 0.15) is 30.7 Å². The third kappa shape index (κ3) is 3.86. The first-order valence-electron chi connectivity index (χ1n) is 10.0. The fourth-order valence-electron chi connectivity index (χ4n) is 3.70. The molecule has 4 rings (SSSR count). The van der Waals surface area contributed by atoms with Gasteiger partial charge in [-0.2, -0.15) is 0 Å². The van der Waals surface area contributed by atoms with E-state index in [-0.39, 0.29) is 22.6 Å². The van der Waals surface area contributed by atoms with Crippen LogP contribution in [0.2, 0.25) is 0 Å². The molecule has 2 aromatic heterocycles. The predicted molar refractivity (Wildman–Crippen MR) is 123 cm³/mol. The van der Waals surface area contributed by atoms with Gasteiger partial charge in [-0.3, -0.25) is 14.2 Å². The van der Waals surface area contributed by atoms with Crippen molar-refractivity contribution in [3.8, 4) is 5.75 Å². The molecule has 3 aromatic rings. The number of amides is 1. The van der Waals surface area contributed by atoms with Crippen LogP contribution in [0.3, 0.4) is 0 Å². The first-order chi connectivity index (χ1) is 14.4. The lowest BCUT2D eigenvalue weighted by atomic mass is 10.1. The Hall–Kier alpha value is -2.32. The maximum absolute atomic E-state index is 13.0. The summed E-state index contributed by atoms with van der Waals surface area (Å²) >= 11 is 2.97. The number of carbonyl (C=O) groups is 1. The highest BCUT2D eigenvalue weighted by atomic mass is 32.2. The Morgan fingerprint density at radius 1 is 1.27 bits per heavy atom. The number of nitrogens with zero attached hydrogens (tertiary/aromatic N) is 2. The summed E-state index contributed by atoms with van der Waals surface area (Å²) in [6.07, 6.45) is 3.09. The lowest BCUT2D eigenvalue weighted by molar-refractivity contribution is -0.116. The average Bonchev–Trinajstić information content (AvgIpc) is 3.30. The van der Waals surface area contributed by atoms with Crippen molar-refractivity contribution in [1.29, 1.82) is 0 Å². The zero-order valence-electron chi connectivity index (χ0n) is 17.5. The molecule has 1 aliphatic rings. The number of thiophene rings is 1. The third-order valence-electron chi connectivity index (χ3n) is 5.36. The number of fused-ring (bicyclic) bond motifs is 3. The van der Waals surface area contributed by atoms with Crippen molar-refractivity contribution in [2.24, 2.45) is 13.0 Å². The maximum Gasteiger partial charge on any atom is 0.262 e. The molecule has 0 bridgehead atoms. The van der Waals surface area contributed by atoms with Crippen molar-refractivity contribution in [2.75, 3.05) is 12.4 Å². The molecule has 0 saturated heterocycles. The lowest BCUT2D eigenvalue weighted by Gasteiger charge is -2.20. The van der Waals surface area contributed by atoms with Crippen molar-refractivity contribution < 1.29 is 9.53 Å². The Bertz CT molecular complexity index is 1150. The van der Waals surface area contributed by atoms with Crippen LogP contribution in [0.5, 0.6) is 5.75 Å². The molecule has 1 atom stereocenters. The van der Waals surface area contributed by atoms with Crippen molar-refractivity contribution in [1.82, 2.24) is 9.55 Å². The van der Waals surface area contributed by atoms with Gasteiger partial charge in [-0.05, 0) is 55.0 Å². The van der Waals surface area contributed by atoms with Crippen molar-refractivity contribution in [2.45, 2.75) is 43.5 Å². The van der Waals surface area contributed by atoms with Gasteiger partial charge in [-0.15, -0.1) is 11.3 Å². The van der Waals surface area contributed by atoms with E-state index in [9.17, 15) is 9.59 Å². The molecule has 1 aromatic carbocycles. The summed E-state index contributed by atoms with van der Waals surface area (Å²) in [4.78, 5) is 32.9. The average molecular weight is 444 g/mol. The van der Waals surface area contributed by atoms with Crippen LogP contribution in [-0.4, -0.2) is 27.8 Å². The molecule has 30 heavy (non-hydrogen) atoms. The van der Waals surface area contributed by atoms with Crippen molar-refractivity contribution in [3.63, 3.8) is 0 Å². The summed E-state index contributed by atoms with van der Waals surface area (Å²) in [5.74, 6) is 0.690. The molecule has 0 saturated carbocycles. The number of carbonyl (C=O) groups excluding carboxylic acids is 1. The maximum atomic E-state index is 13.0. The molecule has 8 heteroatoms. The number of hydrogen-bond donors (Lipinski definition) is 1. The normalized spacial score (nSPS) is 14.2. The van der Waals surface area contributed by atoms with Gasteiger partial charge in [0.2, 0.25) is 5.91 Å². The van der Waals surface area contributed by atoms with E-state index >= 15 is 0 Å². The van der Waals surface area contributed by atoms with Crippen molar-refractivity contribution >= 4 is 44.9 Å². The molecule has 2 heterocycles. The number of benzene rings is 1. The van der Waals surface area contributed by atoms with E-state index in [1.165, 1.54) is 22.2 Å². The largest absolute Gasteiger partial charge is 0.497 e. The van der Waals surface area contributed by atoms with Gasteiger partial charge in [0.15, 0.2) is 5.16 Å². The Kier molecular flexibility index (Phi) is 5.88. The van der Waals surface area contributed by atoms with Crippen LogP contribution >= 0.6 is 23.1 Å². The molecule has 0 aliphatic heterocycles. The van der Waals surface area contributed by atoms with Crippen LogP contribution < -0.4 is 15.6 Å². The third-order valence-corrected chi connectivity index (χ3v) is 8.13. The van der Waals surface area contributed by atoms with E-state index in [1.54, 1.807) is 30.1 Å². The minimum Gasteiger partial charge on any atom is -0.497 e. The van der Waals surface area contributed by atoms with E-state index in [0.717, 1.165) is 35.2 Å². The van der Waals surface area contributed by atoms with Gasteiger partial charge in [0.25, 0.3) is 5.56 Å². The van der Waals surface area contributed by atoms with E-state index in [0.29, 0.717) is 10.8 Å². The van der Waals surface area contributed by atoms with Crippen LogP contribution in [-0.2, 0) is 24.7 Å². The summed E-state index contributed by atoms with van der Waals surface area (Å²) in [5.41, 5.74) is 1.87. The molecule has 0 radical (unpaired) electrons. The Morgan fingerprint density at radius 2 is 2.00 bits per heavy atom. The minimum absolute atomic E-state index is 0.0139. The molecular weight excluding hydrogens is 418 g/mol. The Morgan fingerprint density at radius 3 is 2.67 bits per heavy atom. The highest BCUT2D eigenvalue weighted by Gasteiger charge is 2.28. The number of ether oxygens (including phenoxy) is 1. The number of nitrogens with one attached hydrogen (secondary N) is 1. The number of thioether (sulfide) groups is 1.